The molecule has 0 aromatic carbocycles. The Morgan fingerprint density at radius 3 is 2.18 bits per heavy atom. The standard InChI is InChI=1S/C7H9ClN2O/c1-7(2,11)5-3-9-6(8)10-4-5/h3-4,11H,1-2H3. The quantitative estimate of drug-likeness (QED) is 0.651. The van der Waals surface area contributed by atoms with Crippen molar-refractivity contribution in [3.8, 4) is 0 Å². The van der Waals surface area contributed by atoms with E-state index in [9.17, 15) is 5.11 Å². The molecule has 4 heteroatoms. The molecule has 0 aliphatic carbocycles. The van der Waals surface area contributed by atoms with Gasteiger partial charge in [0, 0.05) is 18.0 Å². The van der Waals surface area contributed by atoms with Crippen molar-refractivity contribution in [1.29, 1.82) is 0 Å². The molecule has 0 amide bonds. The molecule has 0 radical (unpaired) electrons. The minimum absolute atomic E-state index is 0.193. The molecule has 0 aliphatic rings. The fourth-order valence-electron chi connectivity index (χ4n) is 0.628. The van der Waals surface area contributed by atoms with Crippen molar-refractivity contribution >= 4 is 11.6 Å². The van der Waals surface area contributed by atoms with E-state index in [4.69, 9.17) is 11.6 Å². The van der Waals surface area contributed by atoms with Crippen LogP contribution in [0.3, 0.4) is 0 Å². The first-order valence-corrected chi connectivity index (χ1v) is 3.58. The van der Waals surface area contributed by atoms with E-state index in [1.54, 1.807) is 13.8 Å². The summed E-state index contributed by atoms with van der Waals surface area (Å²) in [6.07, 6.45) is 3.02. The average molecular weight is 173 g/mol. The van der Waals surface area contributed by atoms with Crippen LogP contribution in [-0.2, 0) is 5.60 Å². The molecule has 1 aromatic heterocycles. The Morgan fingerprint density at radius 2 is 1.82 bits per heavy atom. The van der Waals surface area contributed by atoms with E-state index in [1.165, 1.54) is 12.4 Å². The fourth-order valence-corrected chi connectivity index (χ4v) is 0.726. The van der Waals surface area contributed by atoms with E-state index in [2.05, 4.69) is 9.97 Å². The Morgan fingerprint density at radius 1 is 1.36 bits per heavy atom. The summed E-state index contributed by atoms with van der Waals surface area (Å²) in [4.78, 5) is 7.48. The Hall–Kier alpha value is -0.670. The van der Waals surface area contributed by atoms with E-state index < -0.39 is 5.60 Å². The zero-order chi connectivity index (χ0) is 8.48. The molecular formula is C7H9ClN2O. The van der Waals surface area contributed by atoms with E-state index in [-0.39, 0.29) is 5.28 Å². The summed E-state index contributed by atoms with van der Waals surface area (Å²) in [5.41, 5.74) is -0.244. The van der Waals surface area contributed by atoms with Gasteiger partial charge in [-0.1, -0.05) is 0 Å². The lowest BCUT2D eigenvalue weighted by Crippen LogP contribution is -2.15. The molecule has 1 rings (SSSR count). The fraction of sp³-hybridized carbons (Fsp3) is 0.429. The SMILES string of the molecule is CC(C)(O)c1cnc(Cl)nc1. The van der Waals surface area contributed by atoms with Crippen molar-refractivity contribution in [2.24, 2.45) is 0 Å². The molecule has 0 fully saturated rings. The predicted molar refractivity (Wildman–Crippen MR) is 42.3 cm³/mol. The first kappa shape index (κ1) is 8.43. The predicted octanol–water partition coefficient (Wildman–Crippen LogP) is 1.36. The molecule has 1 aromatic rings. The average Bonchev–Trinajstić information content (AvgIpc) is 1.86. The summed E-state index contributed by atoms with van der Waals surface area (Å²) in [5.74, 6) is 0. The Balaban J connectivity index is 2.99. The van der Waals surface area contributed by atoms with E-state index in [0.717, 1.165) is 0 Å². The minimum Gasteiger partial charge on any atom is -0.386 e. The first-order chi connectivity index (χ1) is 5.00. The molecular weight excluding hydrogens is 164 g/mol. The van der Waals surface area contributed by atoms with Crippen molar-refractivity contribution in [2.75, 3.05) is 0 Å². The van der Waals surface area contributed by atoms with Crippen molar-refractivity contribution in [2.45, 2.75) is 19.4 Å². The van der Waals surface area contributed by atoms with Crippen LogP contribution in [0.25, 0.3) is 0 Å². The van der Waals surface area contributed by atoms with Gasteiger partial charge in [0.1, 0.15) is 0 Å². The van der Waals surface area contributed by atoms with Crippen LogP contribution >= 0.6 is 11.6 Å². The lowest BCUT2D eigenvalue weighted by atomic mass is 10.0. The Kier molecular flexibility index (Phi) is 2.11. The van der Waals surface area contributed by atoms with Gasteiger partial charge in [0.15, 0.2) is 0 Å². The molecule has 1 heterocycles. The summed E-state index contributed by atoms with van der Waals surface area (Å²) in [6.45, 7) is 3.33. The Labute approximate surface area is 70.1 Å². The van der Waals surface area contributed by atoms with Crippen LogP contribution in [0.5, 0.6) is 0 Å². The molecule has 60 valence electrons. The van der Waals surface area contributed by atoms with Gasteiger partial charge in [0.25, 0.3) is 0 Å². The van der Waals surface area contributed by atoms with Gasteiger partial charge < -0.3 is 5.11 Å². The maximum absolute atomic E-state index is 9.46. The molecule has 0 bridgehead atoms. The summed E-state index contributed by atoms with van der Waals surface area (Å²) in [7, 11) is 0. The monoisotopic (exact) mass is 172 g/mol. The van der Waals surface area contributed by atoms with Gasteiger partial charge in [-0.25, -0.2) is 9.97 Å². The number of hydrogen-bond donors (Lipinski definition) is 1. The summed E-state index contributed by atoms with van der Waals surface area (Å²) in [5, 5.41) is 9.65. The number of halogens is 1. The third-order valence-electron chi connectivity index (χ3n) is 1.33. The third-order valence-corrected chi connectivity index (χ3v) is 1.52. The van der Waals surface area contributed by atoms with Gasteiger partial charge in [-0.3, -0.25) is 0 Å². The van der Waals surface area contributed by atoms with Crippen LogP contribution in [0, 0.1) is 0 Å². The van der Waals surface area contributed by atoms with Gasteiger partial charge in [0.05, 0.1) is 5.60 Å². The summed E-state index contributed by atoms with van der Waals surface area (Å²) >= 11 is 5.46. The van der Waals surface area contributed by atoms with Crippen LogP contribution in [0.4, 0.5) is 0 Å². The first-order valence-electron chi connectivity index (χ1n) is 3.20. The molecule has 0 aliphatic heterocycles. The third kappa shape index (κ3) is 2.13. The highest BCUT2D eigenvalue weighted by Gasteiger charge is 2.16. The maximum atomic E-state index is 9.46. The van der Waals surface area contributed by atoms with Crippen molar-refractivity contribution in [1.82, 2.24) is 9.97 Å². The number of aromatic nitrogens is 2. The molecule has 0 atom stereocenters. The molecule has 3 nitrogen and oxygen atoms in total. The molecule has 11 heavy (non-hydrogen) atoms. The number of aliphatic hydroxyl groups is 1. The second kappa shape index (κ2) is 2.75. The lowest BCUT2D eigenvalue weighted by molar-refractivity contribution is 0.0778. The summed E-state index contributed by atoms with van der Waals surface area (Å²) in [6, 6.07) is 0. The topological polar surface area (TPSA) is 46.0 Å². The number of hydrogen-bond acceptors (Lipinski definition) is 3. The van der Waals surface area contributed by atoms with E-state index in [0.29, 0.717) is 5.56 Å². The van der Waals surface area contributed by atoms with Crippen LogP contribution in [0.15, 0.2) is 12.4 Å². The zero-order valence-electron chi connectivity index (χ0n) is 6.37. The highest BCUT2D eigenvalue weighted by Crippen LogP contribution is 2.17. The second-order valence-electron chi connectivity index (χ2n) is 2.80. The second-order valence-corrected chi connectivity index (χ2v) is 3.14. The number of nitrogens with zero attached hydrogens (tertiary/aromatic N) is 2. The van der Waals surface area contributed by atoms with Crippen LogP contribution in [0.2, 0.25) is 5.28 Å². The van der Waals surface area contributed by atoms with E-state index >= 15 is 0 Å². The molecule has 0 unspecified atom stereocenters. The smallest absolute Gasteiger partial charge is 0.222 e. The van der Waals surface area contributed by atoms with Crippen molar-refractivity contribution in [3.05, 3.63) is 23.2 Å². The van der Waals surface area contributed by atoms with Crippen LogP contribution < -0.4 is 0 Å². The highest BCUT2D eigenvalue weighted by molar-refractivity contribution is 6.28. The zero-order valence-corrected chi connectivity index (χ0v) is 7.13. The van der Waals surface area contributed by atoms with Gasteiger partial charge in [-0.05, 0) is 25.4 Å². The highest BCUT2D eigenvalue weighted by atomic mass is 35.5. The van der Waals surface area contributed by atoms with Crippen LogP contribution in [-0.4, -0.2) is 15.1 Å². The normalized spacial score (nSPS) is 11.6. The minimum atomic E-state index is -0.898. The molecule has 1 N–H and O–H groups in total. The van der Waals surface area contributed by atoms with Gasteiger partial charge in [0.2, 0.25) is 5.28 Å². The van der Waals surface area contributed by atoms with Crippen molar-refractivity contribution in [3.63, 3.8) is 0 Å². The van der Waals surface area contributed by atoms with Gasteiger partial charge in [-0.2, -0.15) is 0 Å². The van der Waals surface area contributed by atoms with Gasteiger partial charge >= 0.3 is 0 Å². The van der Waals surface area contributed by atoms with Gasteiger partial charge in [-0.15, -0.1) is 0 Å². The Bertz CT molecular complexity index is 240. The molecule has 0 saturated heterocycles. The maximum Gasteiger partial charge on any atom is 0.222 e. The van der Waals surface area contributed by atoms with Crippen molar-refractivity contribution < 1.29 is 5.11 Å². The molecule has 0 saturated carbocycles. The lowest BCUT2D eigenvalue weighted by Gasteiger charge is -2.15. The summed E-state index contributed by atoms with van der Waals surface area (Å²) < 4.78 is 0. The number of rotatable bonds is 1. The largest absolute Gasteiger partial charge is 0.386 e. The molecule has 0 spiro atoms. The van der Waals surface area contributed by atoms with E-state index in [1.807, 2.05) is 0 Å². The van der Waals surface area contributed by atoms with Crippen LogP contribution in [0.1, 0.15) is 19.4 Å².